The van der Waals surface area contributed by atoms with Crippen LogP contribution in [0.15, 0.2) is 16.6 Å². The van der Waals surface area contributed by atoms with Gasteiger partial charge < -0.3 is 19.6 Å². The number of hydrogen-bond donors (Lipinski definition) is 1. The van der Waals surface area contributed by atoms with Crippen LogP contribution in [0.3, 0.4) is 0 Å². The highest BCUT2D eigenvalue weighted by Gasteiger charge is 2.38. The molecule has 1 N–H and O–H groups in total. The Kier molecular flexibility index (Phi) is 7.25. The van der Waals surface area contributed by atoms with Crippen molar-refractivity contribution in [3.63, 3.8) is 0 Å². The van der Waals surface area contributed by atoms with E-state index in [2.05, 4.69) is 41.6 Å². The minimum Gasteiger partial charge on any atom is -0.478 e. The van der Waals surface area contributed by atoms with Crippen molar-refractivity contribution in [2.75, 3.05) is 11.4 Å². The average molecular weight is 469 g/mol. The Hall–Kier alpha value is -1.76. The highest BCUT2D eigenvalue weighted by Crippen LogP contribution is 2.35. The molecule has 1 amide bonds. The maximum absolute atomic E-state index is 12.7. The molecule has 2 rings (SSSR count). The molecular weight excluding hydrogens is 436 g/mol. The molecule has 1 aliphatic heterocycles. The van der Waals surface area contributed by atoms with Gasteiger partial charge in [0, 0.05) is 34.8 Å². The van der Waals surface area contributed by atoms with Crippen molar-refractivity contribution in [2.24, 2.45) is 0 Å². The van der Waals surface area contributed by atoms with Gasteiger partial charge in [-0.05, 0) is 79.0 Å². The van der Waals surface area contributed by atoms with Crippen molar-refractivity contribution in [1.29, 1.82) is 0 Å². The van der Waals surface area contributed by atoms with Crippen LogP contribution in [0.2, 0.25) is 0 Å². The summed E-state index contributed by atoms with van der Waals surface area (Å²) >= 11 is 3.46. The summed E-state index contributed by atoms with van der Waals surface area (Å²) in [7, 11) is 0. The van der Waals surface area contributed by atoms with Crippen LogP contribution in [0.25, 0.3) is 0 Å². The molecule has 7 heteroatoms. The maximum atomic E-state index is 12.7. The van der Waals surface area contributed by atoms with Crippen LogP contribution in [0.1, 0.15) is 70.3 Å². The second kappa shape index (κ2) is 8.94. The molecule has 1 aliphatic rings. The number of halogens is 1. The lowest BCUT2D eigenvalue weighted by Crippen LogP contribution is -2.56. The van der Waals surface area contributed by atoms with Gasteiger partial charge in [0.15, 0.2) is 0 Å². The smallest absolute Gasteiger partial charge is 0.410 e. The lowest BCUT2D eigenvalue weighted by Gasteiger charge is -2.47. The predicted octanol–water partition coefficient (Wildman–Crippen LogP) is 5.46. The Morgan fingerprint density at radius 1 is 1.24 bits per heavy atom. The number of ether oxygens (including phenoxy) is 1. The van der Waals surface area contributed by atoms with Crippen LogP contribution in [0, 0.1) is 6.92 Å². The molecule has 0 aromatic heterocycles. The van der Waals surface area contributed by atoms with E-state index in [1.54, 1.807) is 6.07 Å². The molecular formula is C22H33BrN2O4. The van der Waals surface area contributed by atoms with Crippen molar-refractivity contribution in [1.82, 2.24) is 4.90 Å². The first-order valence-corrected chi connectivity index (χ1v) is 11.0. The van der Waals surface area contributed by atoms with E-state index < -0.39 is 11.6 Å². The lowest BCUT2D eigenvalue weighted by molar-refractivity contribution is -0.00252. The molecule has 1 heterocycles. The van der Waals surface area contributed by atoms with Crippen molar-refractivity contribution >= 4 is 33.7 Å². The molecule has 29 heavy (non-hydrogen) atoms. The summed E-state index contributed by atoms with van der Waals surface area (Å²) in [6.07, 6.45) is 1.32. The molecule has 0 radical (unpaired) electrons. The highest BCUT2D eigenvalue weighted by atomic mass is 79.9. The average Bonchev–Trinajstić information content (AvgIpc) is 2.55. The summed E-state index contributed by atoms with van der Waals surface area (Å²) in [5.41, 5.74) is 1.47. The quantitative estimate of drug-likeness (QED) is 0.634. The molecule has 2 atom stereocenters. The number of carboxylic acid groups (broad SMARTS) is 1. The van der Waals surface area contributed by atoms with Gasteiger partial charge in [-0.15, -0.1) is 0 Å². The van der Waals surface area contributed by atoms with Gasteiger partial charge in [-0.25, -0.2) is 9.59 Å². The fourth-order valence-electron chi connectivity index (χ4n) is 4.28. The molecule has 2 unspecified atom stereocenters. The third-order valence-electron chi connectivity index (χ3n) is 5.45. The van der Waals surface area contributed by atoms with Gasteiger partial charge in [0.25, 0.3) is 0 Å². The largest absolute Gasteiger partial charge is 0.478 e. The van der Waals surface area contributed by atoms with E-state index in [0.717, 1.165) is 35.1 Å². The molecule has 6 nitrogen and oxygen atoms in total. The highest BCUT2D eigenvalue weighted by molar-refractivity contribution is 9.10. The third kappa shape index (κ3) is 5.44. The Labute approximate surface area is 182 Å². The SMILES string of the molecule is CCN(c1cc(Br)cc(C(=O)O)c1C)C1CC(C)N(C(=O)OC(C)(C)C)C(C)C1. The fraction of sp³-hybridized carbons (Fsp3) is 0.636. The fourth-order valence-corrected chi connectivity index (χ4v) is 4.73. The zero-order valence-electron chi connectivity index (χ0n) is 18.5. The molecule has 0 bridgehead atoms. The summed E-state index contributed by atoms with van der Waals surface area (Å²) in [6.45, 7) is 14.4. The predicted molar refractivity (Wildman–Crippen MR) is 119 cm³/mol. The van der Waals surface area contributed by atoms with Crippen LogP contribution < -0.4 is 4.90 Å². The van der Waals surface area contributed by atoms with Gasteiger partial charge in [-0.3, -0.25) is 0 Å². The standard InChI is InChI=1S/C22H33BrN2O4/c1-8-24(19-12-16(23)11-18(15(19)4)20(26)27)17-9-13(2)25(14(3)10-17)21(28)29-22(5,6)7/h11-14,17H,8-10H2,1-7H3,(H,26,27). The molecule has 1 saturated heterocycles. The molecule has 1 aromatic rings. The Bertz CT molecular complexity index is 763. The number of nitrogens with zero attached hydrogens (tertiary/aromatic N) is 2. The number of anilines is 1. The summed E-state index contributed by atoms with van der Waals surface area (Å²) in [5.74, 6) is -0.928. The number of benzene rings is 1. The topological polar surface area (TPSA) is 70.1 Å². The van der Waals surface area contributed by atoms with Crippen molar-refractivity contribution in [2.45, 2.75) is 85.0 Å². The van der Waals surface area contributed by atoms with Crippen molar-refractivity contribution < 1.29 is 19.4 Å². The van der Waals surface area contributed by atoms with Gasteiger partial charge in [-0.2, -0.15) is 0 Å². The maximum Gasteiger partial charge on any atom is 0.410 e. The van der Waals surface area contributed by atoms with Gasteiger partial charge in [0.05, 0.1) is 5.56 Å². The van der Waals surface area contributed by atoms with E-state index in [-0.39, 0.29) is 24.2 Å². The number of carboxylic acids is 1. The Morgan fingerprint density at radius 3 is 2.24 bits per heavy atom. The van der Waals surface area contributed by atoms with Crippen LogP contribution in [0.4, 0.5) is 10.5 Å². The number of amides is 1. The van der Waals surface area contributed by atoms with Crippen LogP contribution in [-0.2, 0) is 4.74 Å². The van der Waals surface area contributed by atoms with Crippen molar-refractivity contribution in [3.05, 3.63) is 27.7 Å². The minimum atomic E-state index is -0.928. The number of likely N-dealkylation sites (tertiary alicyclic amines) is 1. The zero-order valence-corrected chi connectivity index (χ0v) is 20.0. The second-order valence-electron chi connectivity index (χ2n) is 8.90. The van der Waals surface area contributed by atoms with Crippen LogP contribution >= 0.6 is 15.9 Å². The minimum absolute atomic E-state index is 0.0269. The number of rotatable bonds is 4. The van der Waals surface area contributed by atoms with E-state index in [1.165, 1.54) is 0 Å². The van der Waals surface area contributed by atoms with Crippen LogP contribution in [-0.4, -0.2) is 52.3 Å². The van der Waals surface area contributed by atoms with E-state index in [4.69, 9.17) is 4.74 Å². The molecule has 0 spiro atoms. The van der Waals surface area contributed by atoms with Gasteiger partial charge in [0.2, 0.25) is 0 Å². The number of aromatic carboxylic acids is 1. The van der Waals surface area contributed by atoms with Crippen LogP contribution in [0.5, 0.6) is 0 Å². The zero-order chi connectivity index (χ0) is 22.1. The summed E-state index contributed by atoms with van der Waals surface area (Å²) in [4.78, 5) is 28.4. The van der Waals surface area contributed by atoms with E-state index in [9.17, 15) is 14.7 Å². The van der Waals surface area contributed by atoms with Gasteiger partial charge in [-0.1, -0.05) is 15.9 Å². The van der Waals surface area contributed by atoms with Crippen molar-refractivity contribution in [3.8, 4) is 0 Å². The monoisotopic (exact) mass is 468 g/mol. The van der Waals surface area contributed by atoms with E-state index in [0.29, 0.717) is 5.56 Å². The molecule has 1 fully saturated rings. The first-order chi connectivity index (χ1) is 13.4. The Morgan fingerprint density at radius 2 is 1.79 bits per heavy atom. The van der Waals surface area contributed by atoms with E-state index in [1.807, 2.05) is 38.7 Å². The van der Waals surface area contributed by atoms with Gasteiger partial charge in [0.1, 0.15) is 5.60 Å². The number of piperidine rings is 1. The summed E-state index contributed by atoms with van der Waals surface area (Å²) in [6, 6.07) is 3.89. The first kappa shape index (κ1) is 23.5. The normalized spacial score (nSPS) is 22.3. The summed E-state index contributed by atoms with van der Waals surface area (Å²) in [5, 5.41) is 9.55. The number of carbonyl (C=O) groups is 2. The lowest BCUT2D eigenvalue weighted by atomic mass is 9.91. The molecule has 162 valence electrons. The first-order valence-electron chi connectivity index (χ1n) is 10.2. The Balaban J connectivity index is 2.30. The summed E-state index contributed by atoms with van der Waals surface area (Å²) < 4.78 is 6.35. The molecule has 0 aliphatic carbocycles. The third-order valence-corrected chi connectivity index (χ3v) is 5.90. The molecule has 0 saturated carbocycles. The number of carbonyl (C=O) groups excluding carboxylic acids is 1. The number of hydrogen-bond acceptors (Lipinski definition) is 4. The van der Waals surface area contributed by atoms with E-state index >= 15 is 0 Å². The second-order valence-corrected chi connectivity index (χ2v) is 9.82. The molecule has 1 aromatic carbocycles. The van der Waals surface area contributed by atoms with Gasteiger partial charge >= 0.3 is 12.1 Å².